The van der Waals surface area contributed by atoms with Gasteiger partial charge in [0.15, 0.2) is 0 Å². The molecule has 1 saturated heterocycles. The molecule has 0 radical (unpaired) electrons. The molecule has 0 bridgehead atoms. The maximum atomic E-state index is 9.21. The third kappa shape index (κ3) is 2.88. The molecule has 0 aromatic carbocycles. The number of aromatic nitrogens is 7. The average molecular weight is 400 g/mol. The van der Waals surface area contributed by atoms with Gasteiger partial charge in [0.2, 0.25) is 0 Å². The molecule has 9 nitrogen and oxygen atoms in total. The van der Waals surface area contributed by atoms with Gasteiger partial charge in [-0.2, -0.15) is 15.5 Å². The van der Waals surface area contributed by atoms with Crippen LogP contribution in [0, 0.1) is 17.2 Å². The summed E-state index contributed by atoms with van der Waals surface area (Å²) in [4.78, 5) is 9.40. The Hall–Kier alpha value is -3.51. The van der Waals surface area contributed by atoms with Gasteiger partial charge in [0, 0.05) is 36.4 Å². The standard InChI is InChI=1S/C21H20N8O/c22-4-3-19(14-1-2-14)29-11-16(9-25-29)21-26-18(7-20-23-5-6-27(20)21)15-8-24-28(10-15)17-12-30-13-17/h5-11,14,17,19H,1-3,12-13H2. The lowest BCUT2D eigenvalue weighted by molar-refractivity contribution is -0.0286. The Bertz CT molecular complexity index is 1250. The van der Waals surface area contributed by atoms with Gasteiger partial charge in [-0.1, -0.05) is 0 Å². The van der Waals surface area contributed by atoms with Crippen molar-refractivity contribution < 1.29 is 4.74 Å². The predicted octanol–water partition coefficient (Wildman–Crippen LogP) is 2.89. The summed E-state index contributed by atoms with van der Waals surface area (Å²) in [7, 11) is 0. The van der Waals surface area contributed by atoms with Crippen LogP contribution in [0.4, 0.5) is 0 Å². The van der Waals surface area contributed by atoms with Gasteiger partial charge in [-0.3, -0.25) is 13.8 Å². The number of fused-ring (bicyclic) bond motifs is 1. The van der Waals surface area contributed by atoms with E-state index < -0.39 is 0 Å². The SMILES string of the molecule is N#CCC(C1CC1)n1cc(-c2nc(-c3cnn(C4COC4)c3)cc3nccn23)cn1. The maximum absolute atomic E-state index is 9.21. The third-order valence-corrected chi connectivity index (χ3v) is 5.95. The topological polar surface area (TPSA) is 98.8 Å². The van der Waals surface area contributed by atoms with Crippen molar-refractivity contribution in [2.75, 3.05) is 13.2 Å². The molecule has 1 aliphatic carbocycles. The number of hydrogen-bond acceptors (Lipinski definition) is 6. The first-order valence-electron chi connectivity index (χ1n) is 10.2. The van der Waals surface area contributed by atoms with Crippen molar-refractivity contribution >= 4 is 5.65 Å². The molecule has 5 heterocycles. The molecule has 150 valence electrons. The van der Waals surface area contributed by atoms with Gasteiger partial charge < -0.3 is 4.74 Å². The monoisotopic (exact) mass is 400 g/mol. The number of ether oxygens (including phenoxy) is 1. The van der Waals surface area contributed by atoms with E-state index in [1.54, 1.807) is 6.20 Å². The highest BCUT2D eigenvalue weighted by atomic mass is 16.5. The van der Waals surface area contributed by atoms with Crippen molar-refractivity contribution in [3.63, 3.8) is 0 Å². The molecule has 4 aromatic heterocycles. The van der Waals surface area contributed by atoms with E-state index in [0.717, 1.165) is 41.1 Å². The minimum atomic E-state index is 0.133. The smallest absolute Gasteiger partial charge is 0.149 e. The molecule has 0 spiro atoms. The van der Waals surface area contributed by atoms with Gasteiger partial charge in [-0.25, -0.2) is 9.97 Å². The first-order valence-corrected chi connectivity index (χ1v) is 10.2. The summed E-state index contributed by atoms with van der Waals surface area (Å²) in [5.41, 5.74) is 3.49. The lowest BCUT2D eigenvalue weighted by Crippen LogP contribution is -2.30. The molecule has 0 N–H and O–H groups in total. The highest BCUT2D eigenvalue weighted by molar-refractivity contribution is 5.68. The second kappa shape index (κ2) is 6.78. The Morgan fingerprint density at radius 1 is 1.17 bits per heavy atom. The van der Waals surface area contributed by atoms with E-state index in [9.17, 15) is 5.26 Å². The van der Waals surface area contributed by atoms with E-state index in [2.05, 4.69) is 21.3 Å². The van der Waals surface area contributed by atoms with Crippen LogP contribution in [0.25, 0.3) is 28.3 Å². The number of rotatable bonds is 6. The van der Waals surface area contributed by atoms with Crippen LogP contribution in [0.3, 0.4) is 0 Å². The fourth-order valence-electron chi connectivity index (χ4n) is 4.01. The van der Waals surface area contributed by atoms with Crippen LogP contribution in [0.2, 0.25) is 0 Å². The van der Waals surface area contributed by atoms with Crippen LogP contribution < -0.4 is 0 Å². The molecule has 0 amide bonds. The number of hydrogen-bond donors (Lipinski definition) is 0. The Morgan fingerprint density at radius 2 is 2.03 bits per heavy atom. The van der Waals surface area contributed by atoms with Crippen LogP contribution in [0.5, 0.6) is 0 Å². The zero-order valence-corrected chi connectivity index (χ0v) is 16.3. The lowest BCUT2D eigenvalue weighted by atomic mass is 10.1. The first-order chi connectivity index (χ1) is 14.8. The Kier molecular flexibility index (Phi) is 3.92. The predicted molar refractivity (Wildman–Crippen MR) is 107 cm³/mol. The molecule has 9 heteroatoms. The number of imidazole rings is 1. The molecule has 2 aliphatic rings. The van der Waals surface area contributed by atoms with Gasteiger partial charge >= 0.3 is 0 Å². The molecule has 1 saturated carbocycles. The Balaban J connectivity index is 1.40. The van der Waals surface area contributed by atoms with Crippen molar-refractivity contribution in [1.29, 1.82) is 5.26 Å². The highest BCUT2D eigenvalue weighted by Gasteiger charge is 2.33. The summed E-state index contributed by atoms with van der Waals surface area (Å²) >= 11 is 0. The molecule has 6 rings (SSSR count). The van der Waals surface area contributed by atoms with Crippen LogP contribution in [0.1, 0.15) is 31.3 Å². The van der Waals surface area contributed by atoms with Crippen molar-refractivity contribution in [3.05, 3.63) is 43.2 Å². The van der Waals surface area contributed by atoms with E-state index in [-0.39, 0.29) is 6.04 Å². The van der Waals surface area contributed by atoms with Gasteiger partial charge in [-0.15, -0.1) is 0 Å². The molecular formula is C21H20N8O. The van der Waals surface area contributed by atoms with Crippen molar-refractivity contribution in [1.82, 2.24) is 33.9 Å². The minimum absolute atomic E-state index is 0.133. The second-order valence-electron chi connectivity index (χ2n) is 8.00. The highest BCUT2D eigenvalue weighted by Crippen LogP contribution is 2.41. The van der Waals surface area contributed by atoms with E-state index in [4.69, 9.17) is 9.72 Å². The van der Waals surface area contributed by atoms with E-state index in [1.165, 1.54) is 0 Å². The van der Waals surface area contributed by atoms with E-state index in [0.29, 0.717) is 31.6 Å². The fraction of sp³-hybridized carbons (Fsp3) is 0.381. The zero-order valence-electron chi connectivity index (χ0n) is 16.3. The molecule has 4 aromatic rings. The van der Waals surface area contributed by atoms with Crippen LogP contribution in [-0.4, -0.2) is 47.1 Å². The molecule has 1 unspecified atom stereocenters. The zero-order chi connectivity index (χ0) is 20.1. The minimum Gasteiger partial charge on any atom is -0.377 e. The third-order valence-electron chi connectivity index (χ3n) is 5.95. The summed E-state index contributed by atoms with van der Waals surface area (Å²) in [6, 6.07) is 4.70. The molecule has 1 aliphatic heterocycles. The molecule has 2 fully saturated rings. The Labute approximate surface area is 172 Å². The quantitative estimate of drug-likeness (QED) is 0.493. The van der Waals surface area contributed by atoms with Gasteiger partial charge in [0.05, 0.1) is 61.4 Å². The van der Waals surface area contributed by atoms with Gasteiger partial charge in [0.1, 0.15) is 11.5 Å². The van der Waals surface area contributed by atoms with E-state index in [1.807, 2.05) is 50.8 Å². The van der Waals surface area contributed by atoms with Gasteiger partial charge in [0.25, 0.3) is 0 Å². The normalized spacial score (nSPS) is 17.7. The van der Waals surface area contributed by atoms with E-state index >= 15 is 0 Å². The van der Waals surface area contributed by atoms with Crippen molar-refractivity contribution in [2.24, 2.45) is 5.92 Å². The fourth-order valence-corrected chi connectivity index (χ4v) is 4.01. The number of nitriles is 1. The summed E-state index contributed by atoms with van der Waals surface area (Å²) in [6.07, 6.45) is 14.2. The first kappa shape index (κ1) is 17.4. The summed E-state index contributed by atoms with van der Waals surface area (Å²) in [5.74, 6) is 1.32. The summed E-state index contributed by atoms with van der Waals surface area (Å²) < 4.78 is 11.1. The second-order valence-corrected chi connectivity index (χ2v) is 8.00. The Morgan fingerprint density at radius 3 is 2.80 bits per heavy atom. The summed E-state index contributed by atoms with van der Waals surface area (Å²) in [5, 5.41) is 18.3. The molecule has 30 heavy (non-hydrogen) atoms. The molecular weight excluding hydrogens is 380 g/mol. The number of nitrogens with zero attached hydrogens (tertiary/aromatic N) is 8. The summed E-state index contributed by atoms with van der Waals surface area (Å²) in [6.45, 7) is 1.40. The largest absolute Gasteiger partial charge is 0.377 e. The molecule has 1 atom stereocenters. The maximum Gasteiger partial charge on any atom is 0.149 e. The van der Waals surface area contributed by atoms with Gasteiger partial charge in [-0.05, 0) is 18.8 Å². The lowest BCUT2D eigenvalue weighted by Gasteiger charge is -2.25. The van der Waals surface area contributed by atoms with Crippen molar-refractivity contribution in [2.45, 2.75) is 31.3 Å². The van der Waals surface area contributed by atoms with Crippen LogP contribution >= 0.6 is 0 Å². The average Bonchev–Trinajstić information content (AvgIpc) is 3.12. The van der Waals surface area contributed by atoms with Crippen molar-refractivity contribution in [3.8, 4) is 28.7 Å². The van der Waals surface area contributed by atoms with Crippen LogP contribution in [-0.2, 0) is 4.74 Å². The van der Waals surface area contributed by atoms with Crippen LogP contribution in [0.15, 0.2) is 43.2 Å².